The summed E-state index contributed by atoms with van der Waals surface area (Å²) in [5, 5.41) is 2.89. The fourth-order valence-electron chi connectivity index (χ4n) is 3.82. The molecule has 2 atom stereocenters. The summed E-state index contributed by atoms with van der Waals surface area (Å²) in [5.74, 6) is 0.472. The van der Waals surface area contributed by atoms with Crippen LogP contribution in [0.25, 0.3) is 0 Å². The van der Waals surface area contributed by atoms with Crippen LogP contribution in [0.15, 0.2) is 24.3 Å². The molecule has 1 saturated heterocycles. The minimum Gasteiger partial charge on any atom is -0.326 e. The first kappa shape index (κ1) is 17.7. The molecule has 0 saturated carbocycles. The van der Waals surface area contributed by atoms with Gasteiger partial charge in [-0.15, -0.1) is 0 Å². The molecule has 3 amide bonds. The van der Waals surface area contributed by atoms with Crippen molar-refractivity contribution in [3.05, 3.63) is 29.8 Å². The number of urea groups is 1. The third kappa shape index (κ3) is 3.95. The van der Waals surface area contributed by atoms with Gasteiger partial charge in [0.1, 0.15) is 6.04 Å². The van der Waals surface area contributed by atoms with E-state index < -0.39 is 6.04 Å². The van der Waals surface area contributed by atoms with Crippen molar-refractivity contribution in [2.24, 2.45) is 5.92 Å². The molecular weight excluding hydrogens is 316 g/mol. The normalized spacial score (nSPS) is 20.7. The number of para-hydroxylation sites is 1. The zero-order chi connectivity index (χ0) is 18.0. The van der Waals surface area contributed by atoms with Crippen molar-refractivity contribution in [1.29, 1.82) is 0 Å². The summed E-state index contributed by atoms with van der Waals surface area (Å²) in [5.41, 5.74) is 2.17. The van der Waals surface area contributed by atoms with Crippen LogP contribution in [-0.4, -0.2) is 68.1 Å². The molecule has 6 nitrogen and oxygen atoms in total. The Morgan fingerprint density at radius 3 is 2.80 bits per heavy atom. The van der Waals surface area contributed by atoms with Gasteiger partial charge in [0.25, 0.3) is 0 Å². The topological polar surface area (TPSA) is 55.9 Å². The maximum absolute atomic E-state index is 12.8. The molecular formula is C19H28N4O2. The summed E-state index contributed by atoms with van der Waals surface area (Å²) in [4.78, 5) is 31.0. The van der Waals surface area contributed by atoms with Crippen LogP contribution in [0.1, 0.15) is 18.9 Å². The summed E-state index contributed by atoms with van der Waals surface area (Å²) >= 11 is 0. The van der Waals surface area contributed by atoms with Crippen molar-refractivity contribution in [2.45, 2.75) is 25.8 Å². The highest BCUT2D eigenvalue weighted by Gasteiger charge is 2.31. The Kier molecular flexibility index (Phi) is 5.27. The van der Waals surface area contributed by atoms with Crippen LogP contribution in [0.3, 0.4) is 0 Å². The Morgan fingerprint density at radius 2 is 2.04 bits per heavy atom. The molecule has 0 spiro atoms. The number of anilines is 1. The largest absolute Gasteiger partial charge is 0.326 e. The first-order chi connectivity index (χ1) is 12.0. The van der Waals surface area contributed by atoms with Crippen LogP contribution >= 0.6 is 0 Å². The average Bonchev–Trinajstić information content (AvgIpc) is 3.20. The van der Waals surface area contributed by atoms with E-state index in [4.69, 9.17) is 0 Å². The van der Waals surface area contributed by atoms with Gasteiger partial charge in [0.05, 0.1) is 0 Å². The highest BCUT2D eigenvalue weighted by molar-refractivity contribution is 6.00. The minimum atomic E-state index is -0.522. The Morgan fingerprint density at radius 1 is 1.28 bits per heavy atom. The van der Waals surface area contributed by atoms with E-state index in [1.54, 1.807) is 11.8 Å². The Labute approximate surface area is 149 Å². The Balaban J connectivity index is 1.55. The molecule has 2 heterocycles. The molecule has 25 heavy (non-hydrogen) atoms. The van der Waals surface area contributed by atoms with Gasteiger partial charge in [-0.1, -0.05) is 18.2 Å². The number of carbonyl (C=O) groups is 2. The van der Waals surface area contributed by atoms with Gasteiger partial charge in [0.2, 0.25) is 5.91 Å². The number of fused-ring (bicyclic) bond motifs is 1. The molecule has 0 bridgehead atoms. The number of benzene rings is 1. The molecule has 6 heteroatoms. The van der Waals surface area contributed by atoms with E-state index in [0.717, 1.165) is 38.2 Å². The molecule has 0 aromatic heterocycles. The highest BCUT2D eigenvalue weighted by Crippen LogP contribution is 2.28. The molecule has 1 aromatic rings. The Bertz CT molecular complexity index is 646. The fourth-order valence-corrected chi connectivity index (χ4v) is 3.82. The van der Waals surface area contributed by atoms with Crippen molar-refractivity contribution in [2.75, 3.05) is 45.2 Å². The van der Waals surface area contributed by atoms with Crippen LogP contribution < -0.4 is 10.2 Å². The van der Waals surface area contributed by atoms with Crippen LogP contribution in [0.2, 0.25) is 0 Å². The van der Waals surface area contributed by atoms with E-state index in [0.29, 0.717) is 12.5 Å². The van der Waals surface area contributed by atoms with Crippen LogP contribution in [-0.2, 0) is 11.2 Å². The molecule has 0 radical (unpaired) electrons. The summed E-state index contributed by atoms with van der Waals surface area (Å²) < 4.78 is 0. The maximum Gasteiger partial charge on any atom is 0.318 e. The molecule has 1 fully saturated rings. The summed E-state index contributed by atoms with van der Waals surface area (Å²) in [6.45, 7) is 4.97. The SMILES string of the molecule is C[C@H](NC(=O)N1CC[C@H](CN(C)C)C1)C(=O)N1CCc2ccccc21. The van der Waals surface area contributed by atoms with Crippen molar-refractivity contribution in [3.8, 4) is 0 Å². The van der Waals surface area contributed by atoms with E-state index in [1.165, 1.54) is 5.56 Å². The molecule has 2 aliphatic heterocycles. The lowest BCUT2D eigenvalue weighted by atomic mass is 10.1. The van der Waals surface area contributed by atoms with Gasteiger partial charge >= 0.3 is 6.03 Å². The Hall–Kier alpha value is -2.08. The third-order valence-corrected chi connectivity index (χ3v) is 5.06. The first-order valence-corrected chi connectivity index (χ1v) is 9.05. The summed E-state index contributed by atoms with van der Waals surface area (Å²) in [6, 6.07) is 7.32. The number of amides is 3. The zero-order valence-corrected chi connectivity index (χ0v) is 15.4. The van der Waals surface area contributed by atoms with Gasteiger partial charge in [0.15, 0.2) is 0 Å². The van der Waals surface area contributed by atoms with E-state index in [1.807, 2.05) is 23.1 Å². The van der Waals surface area contributed by atoms with E-state index in [9.17, 15) is 9.59 Å². The highest BCUT2D eigenvalue weighted by atomic mass is 16.2. The van der Waals surface area contributed by atoms with Crippen molar-refractivity contribution in [1.82, 2.24) is 15.1 Å². The second-order valence-corrected chi connectivity index (χ2v) is 7.40. The molecule has 0 aliphatic carbocycles. The number of carbonyl (C=O) groups excluding carboxylic acids is 2. The van der Waals surface area contributed by atoms with Gasteiger partial charge in [-0.2, -0.15) is 0 Å². The number of likely N-dealkylation sites (tertiary alicyclic amines) is 1. The lowest BCUT2D eigenvalue weighted by Crippen LogP contribution is -2.50. The molecule has 2 aliphatic rings. The van der Waals surface area contributed by atoms with Crippen molar-refractivity contribution < 1.29 is 9.59 Å². The van der Waals surface area contributed by atoms with Gasteiger partial charge in [-0.05, 0) is 51.4 Å². The van der Waals surface area contributed by atoms with Crippen LogP contribution in [0, 0.1) is 5.92 Å². The predicted octanol–water partition coefficient (Wildman–Crippen LogP) is 1.56. The van der Waals surface area contributed by atoms with Crippen LogP contribution in [0.4, 0.5) is 10.5 Å². The molecule has 3 rings (SSSR count). The number of nitrogens with zero attached hydrogens (tertiary/aromatic N) is 3. The number of hydrogen-bond acceptors (Lipinski definition) is 3. The quantitative estimate of drug-likeness (QED) is 0.902. The van der Waals surface area contributed by atoms with Crippen molar-refractivity contribution in [3.63, 3.8) is 0 Å². The second kappa shape index (κ2) is 7.44. The monoisotopic (exact) mass is 344 g/mol. The van der Waals surface area contributed by atoms with E-state index in [2.05, 4.69) is 30.4 Å². The average molecular weight is 344 g/mol. The van der Waals surface area contributed by atoms with Gasteiger partial charge in [-0.25, -0.2) is 4.79 Å². The maximum atomic E-state index is 12.8. The van der Waals surface area contributed by atoms with E-state index >= 15 is 0 Å². The van der Waals surface area contributed by atoms with E-state index in [-0.39, 0.29) is 11.9 Å². The second-order valence-electron chi connectivity index (χ2n) is 7.40. The standard InChI is InChI=1S/C19H28N4O2/c1-14(18(24)23-11-9-16-6-4-5-7-17(16)23)20-19(25)22-10-8-15(13-22)12-21(2)3/h4-7,14-15H,8-13H2,1-3H3,(H,20,25)/t14-,15+/m0/s1. The lowest BCUT2D eigenvalue weighted by molar-refractivity contribution is -0.119. The summed E-state index contributed by atoms with van der Waals surface area (Å²) in [7, 11) is 4.11. The number of rotatable bonds is 4. The molecule has 0 unspecified atom stereocenters. The summed E-state index contributed by atoms with van der Waals surface area (Å²) in [6.07, 6.45) is 1.90. The number of hydrogen-bond donors (Lipinski definition) is 1. The molecule has 1 aromatic carbocycles. The first-order valence-electron chi connectivity index (χ1n) is 9.05. The van der Waals surface area contributed by atoms with Crippen molar-refractivity contribution >= 4 is 17.6 Å². The minimum absolute atomic E-state index is 0.0395. The predicted molar refractivity (Wildman–Crippen MR) is 98.7 cm³/mol. The molecule has 1 N–H and O–H groups in total. The smallest absolute Gasteiger partial charge is 0.318 e. The van der Waals surface area contributed by atoms with Crippen LogP contribution in [0.5, 0.6) is 0 Å². The fraction of sp³-hybridized carbons (Fsp3) is 0.579. The third-order valence-electron chi connectivity index (χ3n) is 5.06. The van der Waals surface area contributed by atoms with Gasteiger partial charge < -0.3 is 20.0 Å². The number of nitrogens with one attached hydrogen (secondary N) is 1. The van der Waals surface area contributed by atoms with Gasteiger partial charge in [-0.3, -0.25) is 4.79 Å². The zero-order valence-electron chi connectivity index (χ0n) is 15.4. The van der Waals surface area contributed by atoms with Gasteiger partial charge in [0, 0.05) is 31.9 Å². The lowest BCUT2D eigenvalue weighted by Gasteiger charge is -2.25. The molecule has 136 valence electrons.